The predicted octanol–water partition coefficient (Wildman–Crippen LogP) is 0.543. The summed E-state index contributed by atoms with van der Waals surface area (Å²) in [5.41, 5.74) is 0.103. The fourth-order valence-electron chi connectivity index (χ4n) is 3.10. The molecule has 10 nitrogen and oxygen atoms in total. The average molecular weight is 439 g/mol. The summed E-state index contributed by atoms with van der Waals surface area (Å²) in [4.78, 5) is 39.6. The lowest BCUT2D eigenvalue weighted by Gasteiger charge is -2.14. The molecule has 3 aromatic rings. The van der Waals surface area contributed by atoms with Gasteiger partial charge in [-0.3, -0.25) is 14.4 Å². The summed E-state index contributed by atoms with van der Waals surface area (Å²) in [6.07, 6.45) is 0.346. The number of carbonyl (C=O) groups excluding carboxylic acids is 2. The van der Waals surface area contributed by atoms with Gasteiger partial charge in [0.1, 0.15) is 24.0 Å². The number of hydrogen-bond donors (Lipinski definition) is 4. The van der Waals surface area contributed by atoms with Crippen LogP contribution < -0.4 is 30.3 Å². The van der Waals surface area contributed by atoms with E-state index in [-0.39, 0.29) is 32.1 Å². The lowest BCUT2D eigenvalue weighted by Crippen LogP contribution is -2.42. The molecule has 0 aliphatic carbocycles. The topological polar surface area (TPSA) is 139 Å². The molecule has 2 aromatic carbocycles. The quantitative estimate of drug-likeness (QED) is 0.402. The molecule has 0 saturated carbocycles. The van der Waals surface area contributed by atoms with Gasteiger partial charge in [0.05, 0.1) is 6.54 Å². The summed E-state index contributed by atoms with van der Waals surface area (Å²) in [6.45, 7) is -0.325. The Morgan fingerprint density at radius 1 is 1.12 bits per heavy atom. The van der Waals surface area contributed by atoms with Crippen molar-refractivity contribution in [3.05, 3.63) is 64.4 Å². The van der Waals surface area contributed by atoms with Crippen LogP contribution in [0.1, 0.15) is 10.4 Å². The van der Waals surface area contributed by atoms with Crippen LogP contribution in [-0.2, 0) is 4.79 Å². The van der Waals surface area contributed by atoms with Crippen molar-refractivity contribution in [2.24, 2.45) is 0 Å². The highest BCUT2D eigenvalue weighted by Gasteiger charge is 2.16. The zero-order valence-electron chi connectivity index (χ0n) is 16.9. The Morgan fingerprint density at radius 2 is 1.94 bits per heavy atom. The number of aliphatic hydroxyl groups excluding tert-OH is 1. The molecule has 1 unspecified atom stereocenters. The van der Waals surface area contributed by atoms with E-state index in [4.69, 9.17) is 14.2 Å². The Labute approximate surface area is 182 Å². The smallest absolute Gasteiger partial charge is 0.257 e. The third kappa shape index (κ3) is 4.81. The summed E-state index contributed by atoms with van der Waals surface area (Å²) in [5.74, 6) is 0.494. The molecule has 32 heavy (non-hydrogen) atoms. The van der Waals surface area contributed by atoms with Gasteiger partial charge in [-0.2, -0.15) is 0 Å². The van der Waals surface area contributed by atoms with Crippen molar-refractivity contribution in [3.8, 4) is 17.2 Å². The van der Waals surface area contributed by atoms with E-state index < -0.39 is 23.3 Å². The van der Waals surface area contributed by atoms with Gasteiger partial charge in [0, 0.05) is 29.7 Å². The van der Waals surface area contributed by atoms with Gasteiger partial charge in [-0.1, -0.05) is 12.1 Å². The van der Waals surface area contributed by atoms with E-state index in [1.54, 1.807) is 42.5 Å². The lowest BCUT2D eigenvalue weighted by molar-refractivity contribution is -0.120. The van der Waals surface area contributed by atoms with Crippen LogP contribution in [-0.4, -0.2) is 54.5 Å². The Kier molecular flexibility index (Phi) is 6.22. The fraction of sp³-hybridized carbons (Fsp3) is 0.227. The van der Waals surface area contributed by atoms with E-state index in [0.717, 1.165) is 0 Å². The Hall–Kier alpha value is -4.05. The molecule has 0 spiro atoms. The van der Waals surface area contributed by atoms with Gasteiger partial charge in [-0.15, -0.1) is 0 Å². The van der Waals surface area contributed by atoms with E-state index in [1.165, 1.54) is 6.20 Å². The van der Waals surface area contributed by atoms with Crippen LogP contribution in [0.4, 0.5) is 0 Å². The number of pyridine rings is 1. The van der Waals surface area contributed by atoms with Crippen molar-refractivity contribution in [1.82, 2.24) is 15.6 Å². The highest BCUT2D eigenvalue weighted by Crippen LogP contribution is 2.35. The molecule has 1 aliphatic heterocycles. The molecule has 1 atom stereocenters. The van der Waals surface area contributed by atoms with Crippen molar-refractivity contribution in [3.63, 3.8) is 0 Å². The van der Waals surface area contributed by atoms with Gasteiger partial charge in [-0.05, 0) is 24.3 Å². The molecule has 4 rings (SSSR count). The second-order valence-corrected chi connectivity index (χ2v) is 7.04. The summed E-state index contributed by atoms with van der Waals surface area (Å²) in [6, 6.07) is 11.9. The number of aromatic nitrogens is 1. The number of amides is 2. The standard InChI is InChI=1S/C22H21N3O7/c26-13(11-30-14-5-6-18-19(7-14)32-12-31-18)8-24-20(27)10-25-22(29)16-9-23-17-4-2-1-3-15(17)21(16)28/h1-7,9,13,26H,8,10-12H2,(H,23,28)(H,24,27)(H,25,29). The van der Waals surface area contributed by atoms with E-state index >= 15 is 0 Å². The van der Waals surface area contributed by atoms with Gasteiger partial charge in [0.15, 0.2) is 11.5 Å². The van der Waals surface area contributed by atoms with Crippen LogP contribution >= 0.6 is 0 Å². The number of carbonyl (C=O) groups is 2. The SMILES string of the molecule is O=C(CNC(=O)c1c[nH]c2ccccc2c1=O)NCC(O)COc1ccc2c(c1)OCO2. The first-order valence-electron chi connectivity index (χ1n) is 9.87. The second kappa shape index (κ2) is 9.40. The molecular formula is C22H21N3O7. The average Bonchev–Trinajstić information content (AvgIpc) is 3.28. The summed E-state index contributed by atoms with van der Waals surface area (Å²) in [5, 5.41) is 15.3. The molecule has 2 amide bonds. The van der Waals surface area contributed by atoms with Crippen molar-refractivity contribution in [2.75, 3.05) is 26.5 Å². The Morgan fingerprint density at radius 3 is 2.81 bits per heavy atom. The largest absolute Gasteiger partial charge is 0.491 e. The van der Waals surface area contributed by atoms with Gasteiger partial charge in [0.25, 0.3) is 5.91 Å². The number of ether oxygens (including phenoxy) is 3. The maximum Gasteiger partial charge on any atom is 0.257 e. The number of fused-ring (bicyclic) bond motifs is 2. The van der Waals surface area contributed by atoms with Crippen LogP contribution in [0.3, 0.4) is 0 Å². The number of aliphatic hydroxyl groups is 1. The van der Waals surface area contributed by atoms with Crippen LogP contribution in [0, 0.1) is 0 Å². The van der Waals surface area contributed by atoms with Crippen molar-refractivity contribution < 1.29 is 28.9 Å². The molecule has 4 N–H and O–H groups in total. The van der Waals surface area contributed by atoms with Gasteiger partial charge >= 0.3 is 0 Å². The highest BCUT2D eigenvalue weighted by molar-refractivity contribution is 5.98. The van der Waals surface area contributed by atoms with Gasteiger partial charge in [-0.25, -0.2) is 0 Å². The van der Waals surface area contributed by atoms with Crippen LogP contribution in [0.5, 0.6) is 17.2 Å². The predicted molar refractivity (Wildman–Crippen MR) is 114 cm³/mol. The maximum absolute atomic E-state index is 12.4. The van der Waals surface area contributed by atoms with Crippen molar-refractivity contribution >= 4 is 22.7 Å². The number of H-pyrrole nitrogens is 1. The second-order valence-electron chi connectivity index (χ2n) is 7.04. The molecular weight excluding hydrogens is 418 g/mol. The number of benzene rings is 2. The first-order chi connectivity index (χ1) is 15.5. The van der Waals surface area contributed by atoms with Crippen LogP contribution in [0.2, 0.25) is 0 Å². The van der Waals surface area contributed by atoms with Crippen LogP contribution in [0.25, 0.3) is 10.9 Å². The third-order valence-electron chi connectivity index (χ3n) is 4.76. The minimum atomic E-state index is -0.969. The number of aromatic amines is 1. The zero-order chi connectivity index (χ0) is 22.5. The molecule has 0 radical (unpaired) electrons. The number of hydrogen-bond acceptors (Lipinski definition) is 7. The lowest BCUT2D eigenvalue weighted by atomic mass is 10.1. The Bertz CT molecular complexity index is 1210. The fourth-order valence-corrected chi connectivity index (χ4v) is 3.10. The highest BCUT2D eigenvalue weighted by atomic mass is 16.7. The number of nitrogens with one attached hydrogen (secondary N) is 3. The first kappa shape index (κ1) is 21.2. The van der Waals surface area contributed by atoms with Crippen molar-refractivity contribution in [2.45, 2.75) is 6.10 Å². The van der Waals surface area contributed by atoms with Crippen LogP contribution in [0.15, 0.2) is 53.5 Å². The summed E-state index contributed by atoms with van der Waals surface area (Å²) in [7, 11) is 0. The number of para-hydroxylation sites is 1. The monoisotopic (exact) mass is 439 g/mol. The molecule has 1 aliphatic rings. The molecule has 166 valence electrons. The zero-order valence-corrected chi connectivity index (χ0v) is 16.9. The van der Waals surface area contributed by atoms with E-state index in [1.807, 2.05) is 0 Å². The third-order valence-corrected chi connectivity index (χ3v) is 4.76. The molecule has 0 saturated heterocycles. The van der Waals surface area contributed by atoms with Crippen molar-refractivity contribution in [1.29, 1.82) is 0 Å². The van der Waals surface area contributed by atoms with E-state index in [9.17, 15) is 19.5 Å². The molecule has 0 fully saturated rings. The molecule has 10 heteroatoms. The Balaban J connectivity index is 1.21. The molecule has 2 heterocycles. The maximum atomic E-state index is 12.4. The molecule has 0 bridgehead atoms. The normalized spacial score (nSPS) is 12.9. The first-order valence-corrected chi connectivity index (χ1v) is 9.87. The summed E-state index contributed by atoms with van der Waals surface area (Å²) >= 11 is 0. The number of rotatable bonds is 8. The molecule has 1 aromatic heterocycles. The minimum absolute atomic E-state index is 0.0568. The van der Waals surface area contributed by atoms with Gasteiger partial charge < -0.3 is 34.9 Å². The summed E-state index contributed by atoms with van der Waals surface area (Å²) < 4.78 is 16.0. The van der Waals surface area contributed by atoms with E-state index in [0.29, 0.717) is 28.2 Å². The van der Waals surface area contributed by atoms with Gasteiger partial charge in [0.2, 0.25) is 18.1 Å². The van der Waals surface area contributed by atoms with E-state index in [2.05, 4.69) is 15.6 Å². The minimum Gasteiger partial charge on any atom is -0.491 e.